The van der Waals surface area contributed by atoms with Crippen LogP contribution in [0.3, 0.4) is 0 Å². The van der Waals surface area contributed by atoms with E-state index >= 15 is 0 Å². The summed E-state index contributed by atoms with van der Waals surface area (Å²) in [5.74, 6) is 0.111. The Hall–Kier alpha value is -4.50. The van der Waals surface area contributed by atoms with E-state index < -0.39 is 5.60 Å². The fourth-order valence-electron chi connectivity index (χ4n) is 4.41. The van der Waals surface area contributed by atoms with Gasteiger partial charge in [-0.25, -0.2) is 9.78 Å². The Morgan fingerprint density at radius 2 is 1.62 bits per heavy atom. The number of nitriles is 1. The molecule has 0 saturated heterocycles. The van der Waals surface area contributed by atoms with Crippen LogP contribution in [0, 0.1) is 11.3 Å². The van der Waals surface area contributed by atoms with Crippen molar-refractivity contribution in [2.75, 3.05) is 0 Å². The second-order valence-corrected chi connectivity index (χ2v) is 10.5. The Kier molecular flexibility index (Phi) is 8.41. The van der Waals surface area contributed by atoms with Gasteiger partial charge in [-0.1, -0.05) is 86.1 Å². The van der Waals surface area contributed by atoms with Crippen LogP contribution >= 0.6 is 0 Å². The lowest BCUT2D eigenvalue weighted by Gasteiger charge is -2.20. The van der Waals surface area contributed by atoms with Crippen molar-refractivity contribution < 1.29 is 14.3 Å². The number of hydrogen-bond acceptors (Lipinski definition) is 5. The molecule has 6 nitrogen and oxygen atoms in total. The van der Waals surface area contributed by atoms with Gasteiger partial charge in [0, 0.05) is 12.0 Å². The summed E-state index contributed by atoms with van der Waals surface area (Å²) in [7, 11) is 0. The van der Waals surface area contributed by atoms with Crippen molar-refractivity contribution in [1.82, 2.24) is 9.55 Å². The number of unbranched alkanes of at least 4 members (excludes halogenated alkanes) is 1. The van der Waals surface area contributed by atoms with Crippen LogP contribution in [0.1, 0.15) is 84.0 Å². The number of imidazole rings is 1. The molecule has 39 heavy (non-hydrogen) atoms. The Morgan fingerprint density at radius 3 is 2.26 bits per heavy atom. The van der Waals surface area contributed by atoms with E-state index in [1.54, 1.807) is 30.3 Å². The van der Waals surface area contributed by atoms with Crippen LogP contribution in [0.2, 0.25) is 0 Å². The van der Waals surface area contributed by atoms with E-state index in [1.807, 2.05) is 73.9 Å². The topological polar surface area (TPSA) is 85.0 Å². The van der Waals surface area contributed by atoms with E-state index in [-0.39, 0.29) is 23.1 Å². The summed E-state index contributed by atoms with van der Waals surface area (Å²) in [6, 6.07) is 26.4. The molecule has 0 unspecified atom stereocenters. The number of benzene rings is 3. The SMILES string of the molecule is CCCCc1nc(C(=O)c2ccccc2)c(C#N)n1Cc1ccc(-c2ccccc2C(=O)OC(C)(C)C)cc1. The number of hydrogen-bond donors (Lipinski definition) is 0. The molecule has 0 spiro atoms. The highest BCUT2D eigenvalue weighted by molar-refractivity contribution is 6.09. The van der Waals surface area contributed by atoms with Crippen LogP contribution in [0.15, 0.2) is 78.9 Å². The molecule has 3 aromatic carbocycles. The minimum Gasteiger partial charge on any atom is -0.456 e. The quantitative estimate of drug-likeness (QED) is 0.176. The Bertz CT molecular complexity index is 1500. The minimum absolute atomic E-state index is 0.192. The highest BCUT2D eigenvalue weighted by atomic mass is 16.6. The highest BCUT2D eigenvalue weighted by Gasteiger charge is 2.24. The van der Waals surface area contributed by atoms with Gasteiger partial charge in [0.2, 0.25) is 5.78 Å². The molecule has 1 aromatic heterocycles. The molecular weight excluding hydrogens is 486 g/mol. The fourth-order valence-corrected chi connectivity index (χ4v) is 4.41. The van der Waals surface area contributed by atoms with Gasteiger partial charge in [-0.15, -0.1) is 0 Å². The molecule has 6 heteroatoms. The summed E-state index contributed by atoms with van der Waals surface area (Å²) in [5.41, 5.74) is 3.52. The third kappa shape index (κ3) is 6.50. The first-order chi connectivity index (χ1) is 18.7. The monoisotopic (exact) mass is 519 g/mol. The summed E-state index contributed by atoms with van der Waals surface area (Å²) in [5, 5.41) is 10.1. The van der Waals surface area contributed by atoms with Crippen LogP contribution in [0.25, 0.3) is 11.1 Å². The first-order valence-electron chi connectivity index (χ1n) is 13.2. The Balaban J connectivity index is 1.66. The molecule has 0 fully saturated rings. The van der Waals surface area contributed by atoms with Gasteiger partial charge in [-0.2, -0.15) is 5.26 Å². The standard InChI is InChI=1S/C33H33N3O3/c1-5-6-16-29-35-30(31(37)25-12-8-7-9-13-25)28(21-34)36(29)22-23-17-19-24(20-18-23)26-14-10-11-15-27(26)32(38)39-33(2,3)4/h7-15,17-20H,5-6,16,22H2,1-4H3. The lowest BCUT2D eigenvalue weighted by atomic mass is 9.98. The summed E-state index contributed by atoms with van der Waals surface area (Å²) in [6.07, 6.45) is 2.55. The van der Waals surface area contributed by atoms with Gasteiger partial charge < -0.3 is 9.30 Å². The van der Waals surface area contributed by atoms with Gasteiger partial charge in [-0.05, 0) is 49.9 Å². The second kappa shape index (κ2) is 11.9. The highest BCUT2D eigenvalue weighted by Crippen LogP contribution is 2.27. The van der Waals surface area contributed by atoms with Gasteiger partial charge in [0.05, 0.1) is 12.1 Å². The molecule has 0 aliphatic heterocycles. The number of ether oxygens (including phenoxy) is 1. The third-order valence-electron chi connectivity index (χ3n) is 6.31. The first kappa shape index (κ1) is 27.5. The van der Waals surface area contributed by atoms with Gasteiger partial charge >= 0.3 is 5.97 Å². The van der Waals surface area contributed by atoms with E-state index in [1.165, 1.54) is 0 Å². The smallest absolute Gasteiger partial charge is 0.339 e. The third-order valence-corrected chi connectivity index (χ3v) is 6.31. The van der Waals surface area contributed by atoms with Crippen molar-refractivity contribution >= 4 is 11.8 Å². The first-order valence-corrected chi connectivity index (χ1v) is 13.2. The maximum absolute atomic E-state index is 13.2. The summed E-state index contributed by atoms with van der Waals surface area (Å²) < 4.78 is 7.46. The minimum atomic E-state index is -0.590. The zero-order chi connectivity index (χ0) is 28.0. The average molecular weight is 520 g/mol. The molecular formula is C33H33N3O3. The molecule has 4 rings (SSSR count). The van der Waals surface area contributed by atoms with Gasteiger partial charge in [0.25, 0.3) is 0 Å². The van der Waals surface area contributed by atoms with E-state index in [4.69, 9.17) is 4.74 Å². The number of aryl methyl sites for hydroxylation is 1. The van der Waals surface area contributed by atoms with Crippen molar-refractivity contribution in [3.05, 3.63) is 113 Å². The van der Waals surface area contributed by atoms with Gasteiger partial charge in [0.15, 0.2) is 5.69 Å². The zero-order valence-electron chi connectivity index (χ0n) is 22.9. The van der Waals surface area contributed by atoms with Crippen molar-refractivity contribution in [3.63, 3.8) is 0 Å². The normalized spacial score (nSPS) is 11.2. The molecule has 4 aromatic rings. The number of aromatic nitrogens is 2. The number of esters is 1. The molecule has 0 aliphatic rings. The van der Waals surface area contributed by atoms with Gasteiger partial charge in [0.1, 0.15) is 23.2 Å². The molecule has 1 heterocycles. The predicted octanol–water partition coefficient (Wildman–Crippen LogP) is 7.00. The Morgan fingerprint density at radius 1 is 0.949 bits per heavy atom. The maximum atomic E-state index is 13.2. The van der Waals surface area contributed by atoms with E-state index in [2.05, 4.69) is 18.0 Å². The number of nitrogens with zero attached hydrogens (tertiary/aromatic N) is 3. The van der Waals surface area contributed by atoms with Crippen LogP contribution in [0.4, 0.5) is 0 Å². The number of ketones is 1. The number of carbonyl (C=O) groups excluding carboxylic acids is 2. The molecule has 198 valence electrons. The number of carbonyl (C=O) groups is 2. The van der Waals surface area contributed by atoms with Gasteiger partial charge in [-0.3, -0.25) is 4.79 Å². The number of rotatable bonds is 9. The van der Waals surface area contributed by atoms with Crippen LogP contribution < -0.4 is 0 Å². The van der Waals surface area contributed by atoms with E-state index in [0.717, 1.165) is 35.4 Å². The Labute approximate surface area is 229 Å². The van der Waals surface area contributed by atoms with Crippen molar-refractivity contribution in [1.29, 1.82) is 5.26 Å². The fraction of sp³-hybridized carbons (Fsp3) is 0.273. The van der Waals surface area contributed by atoms with Crippen LogP contribution in [-0.4, -0.2) is 26.9 Å². The lowest BCUT2D eigenvalue weighted by molar-refractivity contribution is 0.00703. The average Bonchev–Trinajstić information content (AvgIpc) is 3.28. The second-order valence-electron chi connectivity index (χ2n) is 10.5. The van der Waals surface area contributed by atoms with Crippen LogP contribution in [-0.2, 0) is 17.7 Å². The molecule has 0 saturated carbocycles. The van der Waals surface area contributed by atoms with Crippen molar-refractivity contribution in [3.8, 4) is 17.2 Å². The molecule has 0 bridgehead atoms. The molecule has 0 radical (unpaired) electrons. The van der Waals surface area contributed by atoms with Crippen LogP contribution in [0.5, 0.6) is 0 Å². The van der Waals surface area contributed by atoms with E-state index in [0.29, 0.717) is 24.1 Å². The largest absolute Gasteiger partial charge is 0.456 e. The summed E-state index contributed by atoms with van der Waals surface area (Å²) in [6.45, 7) is 8.05. The lowest BCUT2D eigenvalue weighted by Crippen LogP contribution is -2.24. The summed E-state index contributed by atoms with van der Waals surface area (Å²) >= 11 is 0. The molecule has 0 N–H and O–H groups in total. The molecule has 0 amide bonds. The predicted molar refractivity (Wildman–Crippen MR) is 152 cm³/mol. The van der Waals surface area contributed by atoms with Crippen molar-refractivity contribution in [2.24, 2.45) is 0 Å². The zero-order valence-corrected chi connectivity index (χ0v) is 22.9. The molecule has 0 aliphatic carbocycles. The summed E-state index contributed by atoms with van der Waals surface area (Å²) in [4.78, 5) is 30.7. The van der Waals surface area contributed by atoms with Crippen molar-refractivity contribution in [2.45, 2.75) is 59.1 Å². The molecule has 0 atom stereocenters. The maximum Gasteiger partial charge on any atom is 0.339 e. The van der Waals surface area contributed by atoms with E-state index in [9.17, 15) is 14.9 Å².